The normalized spacial score (nSPS) is 30.2. The fourth-order valence-electron chi connectivity index (χ4n) is 3.38. The Balaban J connectivity index is 1.77. The van der Waals surface area contributed by atoms with Crippen LogP contribution >= 0.6 is 0 Å². The lowest BCUT2D eigenvalue weighted by molar-refractivity contribution is 0.0294. The molecule has 1 saturated heterocycles. The van der Waals surface area contributed by atoms with Gasteiger partial charge in [0.05, 0.1) is 11.7 Å². The van der Waals surface area contributed by atoms with Crippen molar-refractivity contribution in [2.45, 2.75) is 18.9 Å². The zero-order valence-corrected chi connectivity index (χ0v) is 10.5. The minimum absolute atomic E-state index is 0.430. The van der Waals surface area contributed by atoms with Crippen molar-refractivity contribution in [3.8, 4) is 6.07 Å². The lowest BCUT2D eigenvalue weighted by Crippen LogP contribution is -2.45. The Bertz CT molecular complexity index is 451. The van der Waals surface area contributed by atoms with E-state index < -0.39 is 0 Å². The topological polar surface area (TPSA) is 49.1 Å². The summed E-state index contributed by atoms with van der Waals surface area (Å²) in [5.74, 6) is 2.25. The monoisotopic (exact) mass is 243 g/mol. The molecule has 2 bridgehead atoms. The van der Waals surface area contributed by atoms with Gasteiger partial charge in [-0.05, 0) is 25.0 Å². The Morgan fingerprint density at radius 3 is 2.56 bits per heavy atom. The fraction of sp³-hybridized carbons (Fsp3) is 0.571. The average Bonchev–Trinajstić information content (AvgIpc) is 2.67. The molecule has 2 aliphatic rings. The molecule has 0 amide bonds. The number of pyridine rings is 1. The van der Waals surface area contributed by atoms with Gasteiger partial charge in [0.15, 0.2) is 0 Å². The van der Waals surface area contributed by atoms with Gasteiger partial charge in [-0.3, -0.25) is 0 Å². The van der Waals surface area contributed by atoms with Crippen LogP contribution in [0, 0.1) is 23.2 Å². The highest BCUT2D eigenvalue weighted by Crippen LogP contribution is 2.39. The Kier molecular flexibility index (Phi) is 2.92. The number of nitrogens with zero attached hydrogens (tertiary/aromatic N) is 3. The Labute approximate surface area is 107 Å². The Morgan fingerprint density at radius 2 is 2.06 bits per heavy atom. The van der Waals surface area contributed by atoms with Gasteiger partial charge in [0, 0.05) is 38.2 Å². The maximum Gasteiger partial charge on any atom is 0.128 e. The third-order valence-corrected chi connectivity index (χ3v) is 4.22. The van der Waals surface area contributed by atoms with Crippen LogP contribution < -0.4 is 4.90 Å². The van der Waals surface area contributed by atoms with Gasteiger partial charge in [0.25, 0.3) is 0 Å². The van der Waals surface area contributed by atoms with E-state index in [4.69, 9.17) is 10.00 Å². The zero-order valence-electron chi connectivity index (χ0n) is 10.5. The third kappa shape index (κ3) is 1.85. The van der Waals surface area contributed by atoms with Crippen molar-refractivity contribution >= 4 is 5.82 Å². The molecule has 0 radical (unpaired) electrons. The summed E-state index contributed by atoms with van der Waals surface area (Å²) in [6, 6.07) is 5.89. The second kappa shape index (κ2) is 4.58. The van der Waals surface area contributed by atoms with E-state index in [9.17, 15) is 0 Å². The molecular formula is C14H17N3O. The van der Waals surface area contributed by atoms with E-state index in [0.29, 0.717) is 23.5 Å². The van der Waals surface area contributed by atoms with Crippen LogP contribution in [-0.4, -0.2) is 31.3 Å². The lowest BCUT2D eigenvalue weighted by Gasteiger charge is -2.37. The maximum atomic E-state index is 8.78. The molecule has 1 aromatic rings. The van der Waals surface area contributed by atoms with E-state index in [1.807, 2.05) is 19.2 Å². The average molecular weight is 243 g/mol. The van der Waals surface area contributed by atoms with Crippen molar-refractivity contribution in [1.29, 1.82) is 5.26 Å². The number of hydrogen-bond acceptors (Lipinski definition) is 4. The quantitative estimate of drug-likeness (QED) is 0.795. The van der Waals surface area contributed by atoms with Crippen LogP contribution in [0.3, 0.4) is 0 Å². The number of piperidine rings is 1. The SMILES string of the molecule is COC1[C@@H]2CC[C@H]1CN(c1ccc(C#N)cn1)C2. The number of hydrogen-bond donors (Lipinski definition) is 0. The molecule has 2 heterocycles. The van der Waals surface area contributed by atoms with Gasteiger partial charge in [0.1, 0.15) is 11.9 Å². The number of fused-ring (bicyclic) bond motifs is 2. The summed E-state index contributed by atoms with van der Waals surface area (Å²) in [5.41, 5.74) is 0.619. The third-order valence-electron chi connectivity index (χ3n) is 4.22. The highest BCUT2D eigenvalue weighted by molar-refractivity contribution is 5.43. The highest BCUT2D eigenvalue weighted by Gasteiger charge is 2.42. The first-order chi connectivity index (χ1) is 8.81. The molecule has 1 saturated carbocycles. The first kappa shape index (κ1) is 11.5. The van der Waals surface area contributed by atoms with Gasteiger partial charge >= 0.3 is 0 Å². The predicted molar refractivity (Wildman–Crippen MR) is 68.2 cm³/mol. The smallest absolute Gasteiger partial charge is 0.128 e. The van der Waals surface area contributed by atoms with Gasteiger partial charge < -0.3 is 9.64 Å². The summed E-state index contributed by atoms with van der Waals surface area (Å²) in [4.78, 5) is 6.72. The standard InChI is InChI=1S/C14H17N3O/c1-18-14-11-3-4-12(14)9-17(8-11)13-5-2-10(6-15)7-16-13/h2,5,7,11-12,14H,3-4,8-9H2,1H3/t11-,12+,14?. The number of aromatic nitrogens is 1. The number of rotatable bonds is 2. The predicted octanol–water partition coefficient (Wildman–Crippen LogP) is 1.81. The number of methoxy groups -OCH3 is 1. The fourth-order valence-corrected chi connectivity index (χ4v) is 3.38. The number of ether oxygens (including phenoxy) is 1. The largest absolute Gasteiger partial charge is 0.381 e. The summed E-state index contributed by atoms with van der Waals surface area (Å²) in [5, 5.41) is 8.78. The molecule has 4 nitrogen and oxygen atoms in total. The van der Waals surface area contributed by atoms with Crippen LogP contribution in [0.25, 0.3) is 0 Å². The molecule has 18 heavy (non-hydrogen) atoms. The second-order valence-electron chi connectivity index (χ2n) is 5.22. The molecule has 0 N–H and O–H groups in total. The molecule has 3 rings (SSSR count). The lowest BCUT2D eigenvalue weighted by atomic mass is 9.95. The van der Waals surface area contributed by atoms with E-state index in [1.54, 1.807) is 6.20 Å². The van der Waals surface area contributed by atoms with Crippen LogP contribution in [0.1, 0.15) is 18.4 Å². The molecule has 1 aromatic heterocycles. The zero-order chi connectivity index (χ0) is 12.5. The van der Waals surface area contributed by atoms with Crippen molar-refractivity contribution in [1.82, 2.24) is 4.98 Å². The van der Waals surface area contributed by atoms with E-state index in [-0.39, 0.29) is 0 Å². The van der Waals surface area contributed by atoms with Crippen molar-refractivity contribution in [2.24, 2.45) is 11.8 Å². The van der Waals surface area contributed by atoms with Crippen LogP contribution in [-0.2, 0) is 4.74 Å². The Morgan fingerprint density at radius 1 is 1.33 bits per heavy atom. The summed E-state index contributed by atoms with van der Waals surface area (Å²) in [7, 11) is 1.83. The van der Waals surface area contributed by atoms with E-state index in [1.165, 1.54) is 12.8 Å². The molecule has 1 aliphatic heterocycles. The van der Waals surface area contributed by atoms with Gasteiger partial charge in [-0.2, -0.15) is 5.26 Å². The van der Waals surface area contributed by atoms with Crippen molar-refractivity contribution in [2.75, 3.05) is 25.1 Å². The van der Waals surface area contributed by atoms with Crippen LogP contribution in [0.2, 0.25) is 0 Å². The maximum absolute atomic E-state index is 8.78. The molecule has 1 aliphatic carbocycles. The van der Waals surface area contributed by atoms with Gasteiger partial charge in [-0.25, -0.2) is 4.98 Å². The summed E-state index contributed by atoms with van der Waals surface area (Å²) in [6.45, 7) is 2.04. The number of nitriles is 1. The Hall–Kier alpha value is -1.60. The van der Waals surface area contributed by atoms with Crippen molar-refractivity contribution in [3.05, 3.63) is 23.9 Å². The molecular weight excluding hydrogens is 226 g/mol. The van der Waals surface area contributed by atoms with Gasteiger partial charge in [-0.15, -0.1) is 0 Å². The van der Waals surface area contributed by atoms with Crippen molar-refractivity contribution < 1.29 is 4.74 Å². The van der Waals surface area contributed by atoms with E-state index in [2.05, 4.69) is 16.0 Å². The van der Waals surface area contributed by atoms with Crippen LogP contribution in [0.5, 0.6) is 0 Å². The minimum Gasteiger partial charge on any atom is -0.381 e. The van der Waals surface area contributed by atoms with Crippen LogP contribution in [0.4, 0.5) is 5.82 Å². The van der Waals surface area contributed by atoms with E-state index in [0.717, 1.165) is 18.9 Å². The molecule has 1 unspecified atom stereocenters. The van der Waals surface area contributed by atoms with Crippen molar-refractivity contribution in [3.63, 3.8) is 0 Å². The molecule has 94 valence electrons. The first-order valence-corrected chi connectivity index (χ1v) is 6.45. The molecule has 0 aromatic carbocycles. The van der Waals surface area contributed by atoms with E-state index >= 15 is 0 Å². The highest BCUT2D eigenvalue weighted by atomic mass is 16.5. The van der Waals surface area contributed by atoms with Crippen LogP contribution in [0.15, 0.2) is 18.3 Å². The van der Waals surface area contributed by atoms with Gasteiger partial charge in [-0.1, -0.05) is 0 Å². The first-order valence-electron chi connectivity index (χ1n) is 6.45. The summed E-state index contributed by atoms with van der Waals surface area (Å²) < 4.78 is 5.61. The van der Waals surface area contributed by atoms with Gasteiger partial charge in [0.2, 0.25) is 0 Å². The minimum atomic E-state index is 0.430. The molecule has 0 spiro atoms. The molecule has 2 fully saturated rings. The molecule has 4 heteroatoms. The number of anilines is 1. The second-order valence-corrected chi connectivity index (χ2v) is 5.22. The molecule has 3 atom stereocenters. The summed E-state index contributed by atoms with van der Waals surface area (Å²) >= 11 is 0. The summed E-state index contributed by atoms with van der Waals surface area (Å²) in [6.07, 6.45) is 4.60.